The van der Waals surface area contributed by atoms with Gasteiger partial charge in [0.25, 0.3) is 0 Å². The SMILES string of the molecule is O=C(O)[C@]1(Cc2ccccc2)CN(c2ncnc3[nH]ncc23)CC[C@@H]1O. The van der Waals surface area contributed by atoms with E-state index in [0.717, 1.165) is 10.9 Å². The molecule has 0 radical (unpaired) electrons. The molecular formula is C18H19N5O3. The highest BCUT2D eigenvalue weighted by atomic mass is 16.4. The topological polar surface area (TPSA) is 115 Å². The van der Waals surface area contributed by atoms with Crippen molar-refractivity contribution in [3.05, 3.63) is 48.4 Å². The summed E-state index contributed by atoms with van der Waals surface area (Å²) >= 11 is 0. The molecule has 0 saturated carbocycles. The van der Waals surface area contributed by atoms with Crippen LogP contribution in [-0.4, -0.2) is 55.5 Å². The van der Waals surface area contributed by atoms with Crippen LogP contribution in [0.4, 0.5) is 5.82 Å². The molecule has 0 spiro atoms. The van der Waals surface area contributed by atoms with E-state index in [0.29, 0.717) is 24.4 Å². The molecule has 134 valence electrons. The quantitative estimate of drug-likeness (QED) is 0.646. The summed E-state index contributed by atoms with van der Waals surface area (Å²) in [6.07, 6.45) is 2.73. The number of rotatable bonds is 4. The summed E-state index contributed by atoms with van der Waals surface area (Å²) in [5, 5.41) is 28.2. The van der Waals surface area contributed by atoms with E-state index in [1.807, 2.05) is 35.2 Å². The summed E-state index contributed by atoms with van der Waals surface area (Å²) in [6, 6.07) is 9.40. The molecule has 3 N–H and O–H groups in total. The average molecular weight is 353 g/mol. The van der Waals surface area contributed by atoms with E-state index < -0.39 is 17.5 Å². The number of hydrogen-bond donors (Lipinski definition) is 3. The predicted octanol–water partition coefficient (Wildman–Crippen LogP) is 1.24. The van der Waals surface area contributed by atoms with Crippen LogP contribution >= 0.6 is 0 Å². The van der Waals surface area contributed by atoms with Gasteiger partial charge >= 0.3 is 5.97 Å². The van der Waals surface area contributed by atoms with Crippen molar-refractivity contribution in [3.8, 4) is 0 Å². The number of hydrogen-bond acceptors (Lipinski definition) is 6. The lowest BCUT2D eigenvalue weighted by molar-refractivity contribution is -0.157. The molecule has 8 heteroatoms. The van der Waals surface area contributed by atoms with Crippen LogP contribution in [0, 0.1) is 5.41 Å². The number of nitrogens with zero attached hydrogens (tertiary/aromatic N) is 4. The van der Waals surface area contributed by atoms with E-state index in [1.54, 1.807) is 6.20 Å². The lowest BCUT2D eigenvalue weighted by Gasteiger charge is -2.44. The van der Waals surface area contributed by atoms with Gasteiger partial charge in [0.1, 0.15) is 17.6 Å². The molecule has 26 heavy (non-hydrogen) atoms. The van der Waals surface area contributed by atoms with E-state index >= 15 is 0 Å². The van der Waals surface area contributed by atoms with Gasteiger partial charge in [-0.1, -0.05) is 30.3 Å². The van der Waals surface area contributed by atoms with Gasteiger partial charge < -0.3 is 15.1 Å². The Morgan fingerprint density at radius 3 is 2.88 bits per heavy atom. The van der Waals surface area contributed by atoms with Crippen molar-refractivity contribution in [2.45, 2.75) is 18.9 Å². The van der Waals surface area contributed by atoms with Crippen molar-refractivity contribution >= 4 is 22.8 Å². The van der Waals surface area contributed by atoms with Crippen LogP contribution in [0.2, 0.25) is 0 Å². The number of aliphatic carboxylic acids is 1. The maximum atomic E-state index is 12.2. The number of nitrogens with one attached hydrogen (secondary N) is 1. The molecule has 1 fully saturated rings. The Balaban J connectivity index is 1.72. The second-order valence-corrected chi connectivity index (χ2v) is 6.68. The third kappa shape index (κ3) is 2.68. The molecule has 0 bridgehead atoms. The van der Waals surface area contributed by atoms with E-state index in [4.69, 9.17) is 0 Å². The van der Waals surface area contributed by atoms with E-state index in [9.17, 15) is 15.0 Å². The minimum Gasteiger partial charge on any atom is -0.481 e. The number of aliphatic hydroxyl groups excluding tert-OH is 1. The third-order valence-electron chi connectivity index (χ3n) is 5.10. The minimum atomic E-state index is -1.30. The number of piperidine rings is 1. The van der Waals surface area contributed by atoms with Crippen molar-refractivity contribution in [2.75, 3.05) is 18.0 Å². The standard InChI is InChI=1S/C18H19N5O3/c24-14-6-7-23(16-13-9-21-22-15(13)19-11-20-16)10-18(14,17(25)26)8-12-4-2-1-3-5-12/h1-5,9,11,14,24H,6-8,10H2,(H,25,26)(H,19,20,21,22)/t14-,18+/m0/s1. The van der Waals surface area contributed by atoms with Gasteiger partial charge in [0, 0.05) is 13.1 Å². The first-order valence-electron chi connectivity index (χ1n) is 8.44. The van der Waals surface area contributed by atoms with Crippen LogP contribution in [0.25, 0.3) is 11.0 Å². The van der Waals surface area contributed by atoms with Crippen LogP contribution in [0.3, 0.4) is 0 Å². The summed E-state index contributed by atoms with van der Waals surface area (Å²) < 4.78 is 0. The predicted molar refractivity (Wildman–Crippen MR) is 94.7 cm³/mol. The van der Waals surface area contributed by atoms with Gasteiger partial charge in [0.2, 0.25) is 0 Å². The molecule has 0 amide bonds. The van der Waals surface area contributed by atoms with Gasteiger partial charge in [-0.25, -0.2) is 9.97 Å². The Hall–Kier alpha value is -3.00. The fraction of sp³-hybridized carbons (Fsp3) is 0.333. The maximum absolute atomic E-state index is 12.2. The van der Waals surface area contributed by atoms with E-state index in [-0.39, 0.29) is 13.0 Å². The van der Waals surface area contributed by atoms with Crippen molar-refractivity contribution in [1.82, 2.24) is 20.2 Å². The van der Waals surface area contributed by atoms with Crippen LogP contribution in [-0.2, 0) is 11.2 Å². The molecule has 3 aromatic rings. The number of aromatic amines is 1. The fourth-order valence-corrected chi connectivity index (χ4v) is 3.68. The first-order chi connectivity index (χ1) is 12.6. The van der Waals surface area contributed by atoms with Gasteiger partial charge in [-0.3, -0.25) is 9.89 Å². The Kier molecular flexibility index (Phi) is 4.04. The number of carbonyl (C=O) groups is 1. The van der Waals surface area contributed by atoms with Gasteiger partial charge in [-0.15, -0.1) is 0 Å². The number of aliphatic hydroxyl groups is 1. The number of aromatic nitrogens is 4. The Bertz CT molecular complexity index is 929. The number of anilines is 1. The third-order valence-corrected chi connectivity index (χ3v) is 5.10. The van der Waals surface area contributed by atoms with Crippen LogP contribution in [0.15, 0.2) is 42.9 Å². The maximum Gasteiger partial charge on any atom is 0.314 e. The fourth-order valence-electron chi connectivity index (χ4n) is 3.68. The Morgan fingerprint density at radius 2 is 2.12 bits per heavy atom. The lowest BCUT2D eigenvalue weighted by atomic mass is 9.73. The van der Waals surface area contributed by atoms with Crippen molar-refractivity contribution in [2.24, 2.45) is 5.41 Å². The van der Waals surface area contributed by atoms with Gasteiger partial charge in [0.15, 0.2) is 5.65 Å². The second kappa shape index (κ2) is 6.38. The largest absolute Gasteiger partial charge is 0.481 e. The molecular weight excluding hydrogens is 334 g/mol. The van der Waals surface area contributed by atoms with E-state index in [2.05, 4.69) is 20.2 Å². The van der Waals surface area contributed by atoms with Crippen LogP contribution < -0.4 is 4.90 Å². The summed E-state index contributed by atoms with van der Waals surface area (Å²) in [5.74, 6) is -0.370. The smallest absolute Gasteiger partial charge is 0.314 e. The summed E-state index contributed by atoms with van der Waals surface area (Å²) in [4.78, 5) is 22.6. The molecule has 1 aliphatic rings. The number of benzene rings is 1. The highest BCUT2D eigenvalue weighted by Crippen LogP contribution is 2.37. The number of fused-ring (bicyclic) bond motifs is 1. The van der Waals surface area contributed by atoms with Crippen molar-refractivity contribution < 1.29 is 15.0 Å². The van der Waals surface area contributed by atoms with Crippen LogP contribution in [0.5, 0.6) is 0 Å². The first kappa shape index (κ1) is 16.5. The average Bonchev–Trinajstić information content (AvgIpc) is 3.13. The minimum absolute atomic E-state index is 0.162. The molecule has 8 nitrogen and oxygen atoms in total. The number of carboxylic acids is 1. The Labute approximate surface area is 149 Å². The second-order valence-electron chi connectivity index (χ2n) is 6.68. The molecule has 0 unspecified atom stereocenters. The molecule has 0 aliphatic carbocycles. The number of H-pyrrole nitrogens is 1. The Morgan fingerprint density at radius 1 is 1.31 bits per heavy atom. The van der Waals surface area contributed by atoms with Crippen molar-refractivity contribution in [3.63, 3.8) is 0 Å². The number of carboxylic acid groups (broad SMARTS) is 1. The normalized spacial score (nSPS) is 23.3. The highest BCUT2D eigenvalue weighted by Gasteiger charge is 2.49. The zero-order valence-electron chi connectivity index (χ0n) is 14.0. The summed E-state index contributed by atoms with van der Waals surface area (Å²) in [6.45, 7) is 0.679. The van der Waals surface area contributed by atoms with E-state index in [1.165, 1.54) is 6.33 Å². The zero-order valence-corrected chi connectivity index (χ0v) is 14.0. The first-order valence-corrected chi connectivity index (χ1v) is 8.44. The zero-order chi connectivity index (χ0) is 18.1. The molecule has 2 aromatic heterocycles. The molecule has 4 rings (SSSR count). The molecule has 1 saturated heterocycles. The molecule has 2 atom stereocenters. The monoisotopic (exact) mass is 353 g/mol. The molecule has 1 aliphatic heterocycles. The molecule has 1 aromatic carbocycles. The summed E-state index contributed by atoms with van der Waals surface area (Å²) in [5.41, 5.74) is 0.178. The molecule has 3 heterocycles. The lowest BCUT2D eigenvalue weighted by Crippen LogP contribution is -2.57. The van der Waals surface area contributed by atoms with Gasteiger partial charge in [0.05, 0.1) is 17.7 Å². The van der Waals surface area contributed by atoms with Gasteiger partial charge in [-0.05, 0) is 18.4 Å². The summed E-state index contributed by atoms with van der Waals surface area (Å²) in [7, 11) is 0. The highest BCUT2D eigenvalue weighted by molar-refractivity contribution is 5.87. The van der Waals surface area contributed by atoms with Crippen molar-refractivity contribution in [1.29, 1.82) is 0 Å². The van der Waals surface area contributed by atoms with Crippen LogP contribution in [0.1, 0.15) is 12.0 Å². The van der Waals surface area contributed by atoms with Gasteiger partial charge in [-0.2, -0.15) is 5.10 Å².